The third-order valence-electron chi connectivity index (χ3n) is 4.29. The van der Waals surface area contributed by atoms with Gasteiger partial charge in [0.1, 0.15) is 5.75 Å². The number of ketones is 1. The zero-order chi connectivity index (χ0) is 20.8. The second-order valence-electron chi connectivity index (χ2n) is 6.34. The van der Waals surface area contributed by atoms with Crippen LogP contribution in [-0.2, 0) is 14.3 Å². The van der Waals surface area contributed by atoms with Crippen LogP contribution in [0.25, 0.3) is 0 Å². The smallest absolute Gasteiger partial charge is 0.290 e. The van der Waals surface area contributed by atoms with Gasteiger partial charge in [-0.05, 0) is 78.0 Å². The van der Waals surface area contributed by atoms with Crippen LogP contribution >= 0.6 is 22.6 Å². The van der Waals surface area contributed by atoms with Crippen molar-refractivity contribution in [2.24, 2.45) is 10.2 Å². The average molecular weight is 505 g/mol. The number of carbonyl (C=O) groups excluding carboxylic acids is 2. The van der Waals surface area contributed by atoms with E-state index in [2.05, 4.69) is 38.1 Å². The molecular weight excluding hydrogens is 485 g/mol. The van der Waals surface area contributed by atoms with Crippen LogP contribution in [0.4, 0.5) is 11.4 Å². The Morgan fingerprint density at radius 2 is 1.83 bits per heavy atom. The number of anilines is 1. The number of nitrogens with one attached hydrogen (secondary N) is 1. The number of Topliss-reactive ketones (excluding diaryl/α,β-unsaturated/α-hetero) is 1. The molecule has 29 heavy (non-hydrogen) atoms. The number of ether oxygens (including phenoxy) is 2. The van der Waals surface area contributed by atoms with E-state index in [4.69, 9.17) is 9.47 Å². The zero-order valence-electron chi connectivity index (χ0n) is 16.0. The molecule has 2 aromatic carbocycles. The van der Waals surface area contributed by atoms with Crippen LogP contribution < -0.4 is 10.1 Å². The van der Waals surface area contributed by atoms with E-state index in [1.54, 1.807) is 43.5 Å². The van der Waals surface area contributed by atoms with Crippen molar-refractivity contribution < 1.29 is 19.1 Å². The normalized spacial score (nSPS) is 14.6. The number of azo groups is 1. The molecule has 1 heterocycles. The second kappa shape index (κ2) is 9.64. The molecule has 1 aliphatic heterocycles. The molecule has 3 rings (SSSR count). The fourth-order valence-electron chi connectivity index (χ4n) is 2.83. The van der Waals surface area contributed by atoms with Gasteiger partial charge in [-0.25, -0.2) is 0 Å². The summed E-state index contributed by atoms with van der Waals surface area (Å²) >= 11 is 2.19. The van der Waals surface area contributed by atoms with Crippen molar-refractivity contribution in [1.29, 1.82) is 0 Å². The molecule has 2 aromatic rings. The van der Waals surface area contributed by atoms with Crippen molar-refractivity contribution in [1.82, 2.24) is 0 Å². The third kappa shape index (κ3) is 5.41. The Kier molecular flexibility index (Phi) is 6.97. The highest BCUT2D eigenvalue weighted by Gasteiger charge is 2.31. The fraction of sp³-hybridized carbons (Fsp3) is 0.238. The molecule has 1 atom stereocenters. The second-order valence-corrected chi connectivity index (χ2v) is 7.59. The van der Waals surface area contributed by atoms with Gasteiger partial charge in [0.05, 0.1) is 19.4 Å². The highest BCUT2D eigenvalue weighted by atomic mass is 127. The van der Waals surface area contributed by atoms with Crippen LogP contribution in [0.3, 0.4) is 0 Å². The molecule has 1 aliphatic rings. The summed E-state index contributed by atoms with van der Waals surface area (Å²) < 4.78 is 11.7. The van der Waals surface area contributed by atoms with Crippen LogP contribution in [0.1, 0.15) is 13.3 Å². The summed E-state index contributed by atoms with van der Waals surface area (Å²) in [6.07, 6.45) is 0.446. The standard InChI is InChI=1S/C21H20IN3O4/c1-13(26)19(25-24-16-7-9-17(28-2)10-8-16)18-11-12-29-20(18)21(27)23-15-5-3-14(22)4-6-15/h3-10,19H,11-12H2,1-2H3,(H,23,27). The van der Waals surface area contributed by atoms with Gasteiger partial charge in [-0.2, -0.15) is 10.2 Å². The van der Waals surface area contributed by atoms with E-state index in [-0.39, 0.29) is 11.5 Å². The van der Waals surface area contributed by atoms with Crippen LogP contribution in [0.2, 0.25) is 0 Å². The maximum absolute atomic E-state index is 12.7. The minimum Gasteiger partial charge on any atom is -0.497 e. The molecule has 0 bridgehead atoms. The largest absolute Gasteiger partial charge is 0.497 e. The molecule has 1 unspecified atom stereocenters. The van der Waals surface area contributed by atoms with E-state index in [1.165, 1.54) is 6.92 Å². The van der Waals surface area contributed by atoms with E-state index >= 15 is 0 Å². The third-order valence-corrected chi connectivity index (χ3v) is 5.01. The molecule has 0 saturated heterocycles. The van der Waals surface area contributed by atoms with Crippen molar-refractivity contribution in [2.75, 3.05) is 19.0 Å². The molecule has 0 saturated carbocycles. The van der Waals surface area contributed by atoms with Crippen molar-refractivity contribution >= 4 is 45.7 Å². The number of nitrogens with zero attached hydrogens (tertiary/aromatic N) is 2. The number of rotatable bonds is 7. The average Bonchev–Trinajstić information content (AvgIpc) is 3.20. The lowest BCUT2D eigenvalue weighted by Crippen LogP contribution is -2.22. The molecule has 0 aromatic heterocycles. The van der Waals surface area contributed by atoms with Gasteiger partial charge in [-0.15, -0.1) is 0 Å². The van der Waals surface area contributed by atoms with Gasteiger partial charge in [0, 0.05) is 21.3 Å². The molecule has 0 fully saturated rings. The first-order chi connectivity index (χ1) is 14.0. The first-order valence-corrected chi connectivity index (χ1v) is 10.0. The Hall–Kier alpha value is -2.75. The first kappa shape index (κ1) is 21.0. The predicted molar refractivity (Wildman–Crippen MR) is 117 cm³/mol. The SMILES string of the molecule is COc1ccc(N=NC(C(C)=O)C2=C(C(=O)Nc3ccc(I)cc3)OCC2)cc1. The van der Waals surface area contributed by atoms with E-state index in [0.29, 0.717) is 35.7 Å². The molecule has 8 heteroatoms. The van der Waals surface area contributed by atoms with Gasteiger partial charge in [-0.1, -0.05) is 0 Å². The highest BCUT2D eigenvalue weighted by Crippen LogP contribution is 2.28. The lowest BCUT2D eigenvalue weighted by Gasteiger charge is -2.11. The van der Waals surface area contributed by atoms with E-state index in [9.17, 15) is 9.59 Å². The minimum absolute atomic E-state index is 0.137. The Balaban J connectivity index is 1.81. The number of carbonyl (C=O) groups is 2. The van der Waals surface area contributed by atoms with Crippen LogP contribution in [0.5, 0.6) is 5.75 Å². The van der Waals surface area contributed by atoms with Crippen molar-refractivity contribution in [3.05, 3.63) is 63.4 Å². The molecule has 0 aliphatic carbocycles. The van der Waals surface area contributed by atoms with Gasteiger partial charge in [0.2, 0.25) is 0 Å². The van der Waals surface area contributed by atoms with Gasteiger partial charge >= 0.3 is 0 Å². The molecular formula is C21H20IN3O4. The van der Waals surface area contributed by atoms with Crippen molar-refractivity contribution in [2.45, 2.75) is 19.4 Å². The van der Waals surface area contributed by atoms with E-state index in [1.807, 2.05) is 12.1 Å². The molecule has 7 nitrogen and oxygen atoms in total. The van der Waals surface area contributed by atoms with Gasteiger partial charge in [-0.3, -0.25) is 9.59 Å². The topological polar surface area (TPSA) is 89.4 Å². The predicted octanol–water partition coefficient (Wildman–Crippen LogP) is 4.65. The molecule has 150 valence electrons. The Bertz CT molecular complexity index is 953. The number of methoxy groups -OCH3 is 1. The number of benzene rings is 2. The van der Waals surface area contributed by atoms with Crippen LogP contribution in [-0.4, -0.2) is 31.4 Å². The number of amides is 1. The Morgan fingerprint density at radius 1 is 1.14 bits per heavy atom. The van der Waals surface area contributed by atoms with E-state index in [0.717, 1.165) is 3.57 Å². The zero-order valence-corrected chi connectivity index (χ0v) is 18.2. The fourth-order valence-corrected chi connectivity index (χ4v) is 3.19. The monoisotopic (exact) mass is 505 g/mol. The Morgan fingerprint density at radius 3 is 2.45 bits per heavy atom. The maximum atomic E-state index is 12.7. The van der Waals surface area contributed by atoms with Crippen LogP contribution in [0.15, 0.2) is 70.1 Å². The summed E-state index contributed by atoms with van der Waals surface area (Å²) in [6.45, 7) is 1.75. The molecule has 0 radical (unpaired) electrons. The lowest BCUT2D eigenvalue weighted by molar-refractivity contribution is -0.117. The van der Waals surface area contributed by atoms with Gasteiger partial charge in [0.15, 0.2) is 17.6 Å². The van der Waals surface area contributed by atoms with Crippen LogP contribution in [0, 0.1) is 3.57 Å². The number of halogens is 1. The van der Waals surface area contributed by atoms with Gasteiger partial charge < -0.3 is 14.8 Å². The van der Waals surface area contributed by atoms with Crippen molar-refractivity contribution in [3.63, 3.8) is 0 Å². The summed E-state index contributed by atoms with van der Waals surface area (Å²) in [7, 11) is 1.58. The first-order valence-electron chi connectivity index (χ1n) is 8.96. The van der Waals surface area contributed by atoms with E-state index < -0.39 is 11.9 Å². The summed E-state index contributed by atoms with van der Waals surface area (Å²) in [6, 6.07) is 13.5. The molecule has 1 amide bonds. The lowest BCUT2D eigenvalue weighted by atomic mass is 10.0. The summed E-state index contributed by atoms with van der Waals surface area (Å²) in [5, 5.41) is 11.2. The quantitative estimate of drug-likeness (QED) is 0.438. The number of hydrogen-bond acceptors (Lipinski definition) is 6. The highest BCUT2D eigenvalue weighted by molar-refractivity contribution is 14.1. The molecule has 1 N–H and O–H groups in total. The molecule has 0 spiro atoms. The van der Waals surface area contributed by atoms with Gasteiger partial charge in [0.25, 0.3) is 5.91 Å². The maximum Gasteiger partial charge on any atom is 0.290 e. The number of hydrogen-bond donors (Lipinski definition) is 1. The summed E-state index contributed by atoms with van der Waals surface area (Å²) in [5.41, 5.74) is 1.77. The summed E-state index contributed by atoms with van der Waals surface area (Å²) in [4.78, 5) is 24.9. The Labute approximate surface area is 182 Å². The minimum atomic E-state index is -0.864. The summed E-state index contributed by atoms with van der Waals surface area (Å²) in [5.74, 6) is 0.234. The van der Waals surface area contributed by atoms with Crippen molar-refractivity contribution in [3.8, 4) is 5.75 Å².